The third-order valence-corrected chi connectivity index (χ3v) is 7.60. The Morgan fingerprint density at radius 3 is 2.44 bits per heavy atom. The van der Waals surface area contributed by atoms with Gasteiger partial charge >= 0.3 is 0 Å². The Bertz CT molecular complexity index is 1390. The van der Waals surface area contributed by atoms with Gasteiger partial charge in [0.15, 0.2) is 11.3 Å². The number of anilines is 1. The van der Waals surface area contributed by atoms with E-state index >= 15 is 0 Å². The van der Waals surface area contributed by atoms with Gasteiger partial charge in [-0.15, -0.1) is 11.3 Å². The van der Waals surface area contributed by atoms with Gasteiger partial charge in [0, 0.05) is 28.9 Å². The van der Waals surface area contributed by atoms with Crippen LogP contribution in [0, 0.1) is 13.8 Å². The standard InChI is InChI=1S/C26H23ClN2O4S/c1-15-18-9-6-10-19(27)22(18)33-21(15)24(30)28-25-20(26(31)29-11-13-32-14-12-29)16(2)23(34-25)17-7-4-3-5-8-17/h3-10H,11-14H2,1-2H3,(H,28,30). The molecule has 34 heavy (non-hydrogen) atoms. The van der Waals surface area contributed by atoms with Crippen molar-refractivity contribution < 1.29 is 18.7 Å². The SMILES string of the molecule is Cc1c(-c2ccccc2)sc(NC(=O)c2oc3c(Cl)cccc3c2C)c1C(=O)N1CCOCC1. The van der Waals surface area contributed by atoms with Crippen molar-refractivity contribution in [3.8, 4) is 10.4 Å². The van der Waals surface area contributed by atoms with E-state index < -0.39 is 5.91 Å². The number of furan rings is 1. The highest BCUT2D eigenvalue weighted by atomic mass is 35.5. The van der Waals surface area contributed by atoms with Crippen molar-refractivity contribution in [2.45, 2.75) is 13.8 Å². The van der Waals surface area contributed by atoms with Crippen LogP contribution >= 0.6 is 22.9 Å². The molecule has 8 heteroatoms. The second-order valence-corrected chi connectivity index (χ2v) is 9.59. The summed E-state index contributed by atoms with van der Waals surface area (Å²) in [6.45, 7) is 5.79. The largest absolute Gasteiger partial charge is 0.449 e. The third kappa shape index (κ3) is 4.00. The van der Waals surface area contributed by atoms with Gasteiger partial charge in [0.2, 0.25) is 0 Å². The minimum absolute atomic E-state index is 0.112. The fourth-order valence-corrected chi connectivity index (χ4v) is 5.65. The molecule has 2 amide bonds. The minimum Gasteiger partial charge on any atom is -0.449 e. The fourth-order valence-electron chi connectivity index (χ4n) is 4.23. The molecule has 174 valence electrons. The number of nitrogens with one attached hydrogen (secondary N) is 1. The minimum atomic E-state index is -0.415. The number of morpholine rings is 1. The zero-order chi connectivity index (χ0) is 23.8. The lowest BCUT2D eigenvalue weighted by Gasteiger charge is -2.27. The molecular weight excluding hydrogens is 472 g/mol. The number of fused-ring (bicyclic) bond motifs is 1. The number of thiophene rings is 1. The quantitative estimate of drug-likeness (QED) is 0.369. The predicted molar refractivity (Wildman–Crippen MR) is 135 cm³/mol. The number of para-hydroxylation sites is 1. The number of ether oxygens (including phenoxy) is 1. The van der Waals surface area contributed by atoms with Crippen molar-refractivity contribution in [2.75, 3.05) is 31.6 Å². The van der Waals surface area contributed by atoms with Gasteiger partial charge < -0.3 is 19.4 Å². The van der Waals surface area contributed by atoms with Crippen molar-refractivity contribution in [3.05, 3.63) is 76.0 Å². The summed E-state index contributed by atoms with van der Waals surface area (Å²) >= 11 is 7.66. The number of halogens is 1. The molecule has 0 unspecified atom stereocenters. The Kier molecular flexibility index (Phi) is 6.16. The van der Waals surface area contributed by atoms with Crippen LogP contribution in [-0.2, 0) is 4.74 Å². The lowest BCUT2D eigenvalue weighted by Crippen LogP contribution is -2.41. The first-order valence-corrected chi connectivity index (χ1v) is 12.2. The summed E-state index contributed by atoms with van der Waals surface area (Å²) < 4.78 is 11.3. The Labute approximate surface area is 206 Å². The molecule has 1 saturated heterocycles. The maximum atomic E-state index is 13.5. The summed E-state index contributed by atoms with van der Waals surface area (Å²) in [5.41, 5.74) is 3.52. The Morgan fingerprint density at radius 1 is 1.00 bits per heavy atom. The Morgan fingerprint density at radius 2 is 1.74 bits per heavy atom. The van der Waals surface area contributed by atoms with Gasteiger partial charge in [-0.1, -0.05) is 54.1 Å². The van der Waals surface area contributed by atoms with Crippen LogP contribution in [0.5, 0.6) is 0 Å². The monoisotopic (exact) mass is 494 g/mol. The number of hydrogen-bond acceptors (Lipinski definition) is 5. The van der Waals surface area contributed by atoms with Crippen LogP contribution in [0.25, 0.3) is 21.4 Å². The number of amides is 2. The third-order valence-electron chi connectivity index (χ3n) is 6.04. The number of carbonyl (C=O) groups is 2. The molecule has 0 aliphatic carbocycles. The van der Waals surface area contributed by atoms with Gasteiger partial charge in [-0.05, 0) is 31.0 Å². The van der Waals surface area contributed by atoms with Crippen molar-refractivity contribution in [1.82, 2.24) is 4.90 Å². The second-order valence-electron chi connectivity index (χ2n) is 8.16. The normalized spacial score (nSPS) is 13.9. The topological polar surface area (TPSA) is 71.8 Å². The average molecular weight is 495 g/mol. The maximum absolute atomic E-state index is 13.5. The van der Waals surface area contributed by atoms with E-state index in [2.05, 4.69) is 5.32 Å². The molecule has 4 aromatic rings. The van der Waals surface area contributed by atoms with Crippen LogP contribution in [0.4, 0.5) is 5.00 Å². The van der Waals surface area contributed by atoms with Crippen molar-refractivity contribution >= 4 is 50.7 Å². The van der Waals surface area contributed by atoms with Crippen molar-refractivity contribution in [3.63, 3.8) is 0 Å². The smallest absolute Gasteiger partial charge is 0.292 e. The van der Waals surface area contributed by atoms with E-state index in [0.29, 0.717) is 53.0 Å². The summed E-state index contributed by atoms with van der Waals surface area (Å²) in [6.07, 6.45) is 0. The van der Waals surface area contributed by atoms with Crippen LogP contribution in [0.1, 0.15) is 32.0 Å². The number of hydrogen-bond donors (Lipinski definition) is 1. The number of nitrogens with zero attached hydrogens (tertiary/aromatic N) is 1. The lowest BCUT2D eigenvalue weighted by atomic mass is 10.1. The van der Waals surface area contributed by atoms with Crippen molar-refractivity contribution in [1.29, 1.82) is 0 Å². The van der Waals surface area contributed by atoms with E-state index in [4.69, 9.17) is 20.8 Å². The molecule has 1 fully saturated rings. The molecule has 5 rings (SSSR count). The number of rotatable bonds is 4. The molecule has 1 aliphatic heterocycles. The summed E-state index contributed by atoms with van der Waals surface area (Å²) in [6, 6.07) is 15.3. The summed E-state index contributed by atoms with van der Waals surface area (Å²) in [5, 5.41) is 4.70. The molecule has 2 aromatic heterocycles. The average Bonchev–Trinajstić information content (AvgIpc) is 3.37. The highest BCUT2D eigenvalue weighted by Crippen LogP contribution is 2.41. The highest BCUT2D eigenvalue weighted by Gasteiger charge is 2.29. The number of carbonyl (C=O) groups excluding carboxylic acids is 2. The van der Waals surface area contributed by atoms with E-state index in [1.165, 1.54) is 11.3 Å². The first-order chi connectivity index (χ1) is 16.5. The molecule has 6 nitrogen and oxygen atoms in total. The molecule has 0 bridgehead atoms. The fraction of sp³-hybridized carbons (Fsp3) is 0.231. The van der Waals surface area contributed by atoms with Crippen LogP contribution in [-0.4, -0.2) is 43.0 Å². The summed E-state index contributed by atoms with van der Waals surface area (Å²) in [7, 11) is 0. The molecule has 0 radical (unpaired) electrons. The Hall–Kier alpha value is -3.13. The highest BCUT2D eigenvalue weighted by molar-refractivity contribution is 7.20. The van der Waals surface area contributed by atoms with E-state index in [9.17, 15) is 9.59 Å². The molecule has 0 saturated carbocycles. The van der Waals surface area contributed by atoms with Gasteiger partial charge in [0.1, 0.15) is 5.00 Å². The molecular formula is C26H23ClN2O4S. The van der Waals surface area contributed by atoms with E-state index in [0.717, 1.165) is 21.4 Å². The van der Waals surface area contributed by atoms with Crippen LogP contribution < -0.4 is 5.32 Å². The molecule has 3 heterocycles. The van der Waals surface area contributed by atoms with Crippen LogP contribution in [0.15, 0.2) is 52.9 Å². The zero-order valence-corrected chi connectivity index (χ0v) is 20.4. The van der Waals surface area contributed by atoms with E-state index in [1.54, 1.807) is 11.0 Å². The van der Waals surface area contributed by atoms with E-state index in [-0.39, 0.29) is 11.7 Å². The molecule has 1 N–H and O–H groups in total. The molecule has 0 atom stereocenters. The number of aryl methyl sites for hydroxylation is 1. The first kappa shape index (κ1) is 22.7. The van der Waals surface area contributed by atoms with Crippen LogP contribution in [0.3, 0.4) is 0 Å². The lowest BCUT2D eigenvalue weighted by molar-refractivity contribution is 0.0303. The van der Waals surface area contributed by atoms with Gasteiger partial charge in [0.05, 0.1) is 23.8 Å². The van der Waals surface area contributed by atoms with Gasteiger partial charge in [-0.25, -0.2) is 0 Å². The van der Waals surface area contributed by atoms with Gasteiger partial charge in [-0.3, -0.25) is 9.59 Å². The van der Waals surface area contributed by atoms with Gasteiger partial charge in [-0.2, -0.15) is 0 Å². The van der Waals surface area contributed by atoms with Crippen LogP contribution in [0.2, 0.25) is 5.02 Å². The second kappa shape index (κ2) is 9.25. The van der Waals surface area contributed by atoms with Gasteiger partial charge in [0.25, 0.3) is 11.8 Å². The first-order valence-electron chi connectivity index (χ1n) is 11.0. The predicted octanol–water partition coefficient (Wildman–Crippen LogP) is 6.16. The van der Waals surface area contributed by atoms with E-state index in [1.807, 2.05) is 56.3 Å². The molecule has 1 aliphatic rings. The van der Waals surface area contributed by atoms with Crippen molar-refractivity contribution in [2.24, 2.45) is 0 Å². The zero-order valence-electron chi connectivity index (χ0n) is 18.8. The molecule has 2 aromatic carbocycles. The summed E-state index contributed by atoms with van der Waals surface area (Å²) in [5.74, 6) is -0.347. The molecule has 0 spiro atoms. The maximum Gasteiger partial charge on any atom is 0.292 e. The summed E-state index contributed by atoms with van der Waals surface area (Å²) in [4.78, 5) is 29.6. The Balaban J connectivity index is 1.56. The number of benzene rings is 2.